The van der Waals surface area contributed by atoms with Crippen LogP contribution in [0.15, 0.2) is 40.1 Å². The zero-order valence-corrected chi connectivity index (χ0v) is 12.0. The summed E-state index contributed by atoms with van der Waals surface area (Å²) in [5.74, 6) is 1.78. The van der Waals surface area contributed by atoms with Crippen LogP contribution in [0.25, 0.3) is 0 Å². The van der Waals surface area contributed by atoms with E-state index in [2.05, 4.69) is 20.7 Å². The summed E-state index contributed by atoms with van der Waals surface area (Å²) in [5, 5.41) is 10.6. The lowest BCUT2D eigenvalue weighted by Gasteiger charge is -2.10. The van der Waals surface area contributed by atoms with Crippen molar-refractivity contribution < 1.29 is 4.42 Å². The molecule has 0 spiro atoms. The molecule has 6 heteroatoms. The molecule has 0 amide bonds. The van der Waals surface area contributed by atoms with E-state index < -0.39 is 0 Å². The Hall–Kier alpha value is -2.24. The molecule has 0 aliphatic heterocycles. The van der Waals surface area contributed by atoms with E-state index in [1.54, 1.807) is 12.5 Å². The van der Waals surface area contributed by atoms with Gasteiger partial charge >= 0.3 is 0 Å². The molecule has 2 heterocycles. The number of rotatable bonds is 6. The fourth-order valence-electron chi connectivity index (χ4n) is 1.82. The predicted octanol–water partition coefficient (Wildman–Crippen LogP) is 1.31. The number of hydrogen-bond acceptors (Lipinski definition) is 3. The van der Waals surface area contributed by atoms with Crippen LogP contribution in [0.1, 0.15) is 18.4 Å². The second kappa shape index (κ2) is 7.37. The maximum absolute atomic E-state index is 5.30. The average molecular weight is 275 g/mol. The zero-order valence-electron chi connectivity index (χ0n) is 12.0. The van der Waals surface area contributed by atoms with Crippen molar-refractivity contribution in [3.63, 3.8) is 0 Å². The lowest BCUT2D eigenvalue weighted by atomic mass is 10.3. The smallest absolute Gasteiger partial charge is 0.191 e. The Morgan fingerprint density at radius 2 is 2.30 bits per heavy atom. The number of furan rings is 1. The first-order chi connectivity index (χ1) is 9.79. The standard InChI is InChI=1S/C14H21N5O/c1-3-15-14(16-8-7-13-5-4-10-20-13)17-11-12-6-9-18-19(12)2/h4-6,9-10H,3,7-8,11H2,1-2H3,(H2,15,16,17). The molecule has 6 nitrogen and oxygen atoms in total. The van der Waals surface area contributed by atoms with Crippen LogP contribution < -0.4 is 10.6 Å². The second-order valence-corrected chi connectivity index (χ2v) is 4.40. The van der Waals surface area contributed by atoms with E-state index in [4.69, 9.17) is 4.42 Å². The molecule has 108 valence electrons. The number of aryl methyl sites for hydroxylation is 1. The molecule has 0 bridgehead atoms. The summed E-state index contributed by atoms with van der Waals surface area (Å²) in [7, 11) is 1.92. The number of guanidine groups is 1. The van der Waals surface area contributed by atoms with Crippen LogP contribution in [-0.2, 0) is 20.0 Å². The normalized spacial score (nSPS) is 11.6. The molecule has 2 aromatic heterocycles. The van der Waals surface area contributed by atoms with E-state index in [0.717, 1.165) is 36.9 Å². The molecule has 2 aromatic rings. The van der Waals surface area contributed by atoms with Crippen LogP contribution in [0.3, 0.4) is 0 Å². The topological polar surface area (TPSA) is 67.4 Å². The fraction of sp³-hybridized carbons (Fsp3) is 0.429. The minimum atomic E-state index is 0.604. The van der Waals surface area contributed by atoms with Crippen LogP contribution in [0.4, 0.5) is 0 Å². The fourth-order valence-corrected chi connectivity index (χ4v) is 1.82. The number of hydrogen-bond donors (Lipinski definition) is 2. The van der Waals surface area contributed by atoms with Gasteiger partial charge in [0.1, 0.15) is 5.76 Å². The second-order valence-electron chi connectivity index (χ2n) is 4.40. The van der Waals surface area contributed by atoms with Crippen molar-refractivity contribution in [3.8, 4) is 0 Å². The third-order valence-electron chi connectivity index (χ3n) is 2.91. The Balaban J connectivity index is 1.84. The highest BCUT2D eigenvalue weighted by Gasteiger charge is 2.01. The molecule has 0 aromatic carbocycles. The molecular weight excluding hydrogens is 254 g/mol. The Morgan fingerprint density at radius 1 is 1.40 bits per heavy atom. The Morgan fingerprint density at radius 3 is 2.95 bits per heavy atom. The Bertz CT molecular complexity index is 530. The van der Waals surface area contributed by atoms with Crippen molar-refractivity contribution in [3.05, 3.63) is 42.1 Å². The molecule has 2 N–H and O–H groups in total. The van der Waals surface area contributed by atoms with Gasteiger partial charge in [0.2, 0.25) is 0 Å². The van der Waals surface area contributed by atoms with Gasteiger partial charge in [0.15, 0.2) is 5.96 Å². The third-order valence-corrected chi connectivity index (χ3v) is 2.91. The molecular formula is C14H21N5O. The van der Waals surface area contributed by atoms with Crippen molar-refractivity contribution in [2.75, 3.05) is 13.1 Å². The maximum atomic E-state index is 5.30. The van der Waals surface area contributed by atoms with E-state index >= 15 is 0 Å². The first-order valence-corrected chi connectivity index (χ1v) is 6.81. The van der Waals surface area contributed by atoms with Gasteiger partial charge in [0.25, 0.3) is 0 Å². The summed E-state index contributed by atoms with van der Waals surface area (Å²) >= 11 is 0. The highest BCUT2D eigenvalue weighted by atomic mass is 16.3. The van der Waals surface area contributed by atoms with Crippen molar-refractivity contribution in [2.45, 2.75) is 19.9 Å². The van der Waals surface area contributed by atoms with E-state index in [0.29, 0.717) is 6.54 Å². The zero-order chi connectivity index (χ0) is 14.2. The summed E-state index contributed by atoms with van der Waals surface area (Å²) < 4.78 is 7.13. The van der Waals surface area contributed by atoms with Crippen LogP contribution in [0.2, 0.25) is 0 Å². The first kappa shape index (κ1) is 14.2. The highest BCUT2D eigenvalue weighted by Crippen LogP contribution is 2.00. The minimum Gasteiger partial charge on any atom is -0.469 e. The maximum Gasteiger partial charge on any atom is 0.191 e. The third kappa shape index (κ3) is 4.15. The Labute approximate surface area is 118 Å². The molecule has 0 saturated heterocycles. The molecule has 0 aliphatic rings. The molecule has 0 radical (unpaired) electrons. The first-order valence-electron chi connectivity index (χ1n) is 6.81. The van der Waals surface area contributed by atoms with Crippen LogP contribution in [0.5, 0.6) is 0 Å². The molecule has 0 atom stereocenters. The molecule has 2 rings (SSSR count). The van der Waals surface area contributed by atoms with Crippen molar-refractivity contribution in [1.29, 1.82) is 0 Å². The average Bonchev–Trinajstić information content (AvgIpc) is 3.08. The number of aliphatic imine (C=N–C) groups is 1. The van der Waals surface area contributed by atoms with Gasteiger partial charge in [0.05, 0.1) is 18.5 Å². The van der Waals surface area contributed by atoms with E-state index in [9.17, 15) is 0 Å². The molecule has 0 unspecified atom stereocenters. The van der Waals surface area contributed by atoms with E-state index in [1.807, 2.05) is 36.9 Å². The van der Waals surface area contributed by atoms with Crippen molar-refractivity contribution in [1.82, 2.24) is 20.4 Å². The van der Waals surface area contributed by atoms with Crippen LogP contribution >= 0.6 is 0 Å². The predicted molar refractivity (Wildman–Crippen MR) is 78.4 cm³/mol. The van der Waals surface area contributed by atoms with Gasteiger partial charge in [-0.15, -0.1) is 0 Å². The molecule has 0 fully saturated rings. The largest absolute Gasteiger partial charge is 0.469 e. The minimum absolute atomic E-state index is 0.604. The summed E-state index contributed by atoms with van der Waals surface area (Å²) in [6.07, 6.45) is 4.31. The van der Waals surface area contributed by atoms with Crippen LogP contribution in [-0.4, -0.2) is 28.8 Å². The SMILES string of the molecule is CCNC(=NCc1ccnn1C)NCCc1ccco1. The van der Waals surface area contributed by atoms with Gasteiger partial charge in [-0.3, -0.25) is 4.68 Å². The summed E-state index contributed by atoms with van der Waals surface area (Å²) in [6.45, 7) is 4.27. The van der Waals surface area contributed by atoms with Gasteiger partial charge < -0.3 is 15.1 Å². The lowest BCUT2D eigenvalue weighted by molar-refractivity contribution is 0.507. The Kier molecular flexibility index (Phi) is 5.23. The van der Waals surface area contributed by atoms with E-state index in [1.165, 1.54) is 0 Å². The van der Waals surface area contributed by atoms with Crippen molar-refractivity contribution >= 4 is 5.96 Å². The van der Waals surface area contributed by atoms with Gasteiger partial charge in [0, 0.05) is 32.8 Å². The number of aromatic nitrogens is 2. The van der Waals surface area contributed by atoms with E-state index in [-0.39, 0.29) is 0 Å². The van der Waals surface area contributed by atoms with Gasteiger partial charge in [-0.1, -0.05) is 0 Å². The molecule has 0 saturated carbocycles. The highest BCUT2D eigenvalue weighted by molar-refractivity contribution is 5.79. The summed E-state index contributed by atoms with van der Waals surface area (Å²) in [5.41, 5.74) is 1.08. The van der Waals surface area contributed by atoms with Crippen LogP contribution in [0, 0.1) is 0 Å². The number of nitrogens with one attached hydrogen (secondary N) is 2. The molecule has 0 aliphatic carbocycles. The van der Waals surface area contributed by atoms with Gasteiger partial charge in [-0.2, -0.15) is 5.10 Å². The quantitative estimate of drug-likeness (QED) is 0.616. The number of nitrogens with zero attached hydrogens (tertiary/aromatic N) is 3. The summed E-state index contributed by atoms with van der Waals surface area (Å²) in [6, 6.07) is 5.84. The lowest BCUT2D eigenvalue weighted by Crippen LogP contribution is -2.38. The van der Waals surface area contributed by atoms with Gasteiger partial charge in [-0.25, -0.2) is 4.99 Å². The monoisotopic (exact) mass is 275 g/mol. The molecule has 20 heavy (non-hydrogen) atoms. The summed E-state index contributed by atoms with van der Waals surface area (Å²) in [4.78, 5) is 4.54. The van der Waals surface area contributed by atoms with Gasteiger partial charge in [-0.05, 0) is 25.1 Å². The van der Waals surface area contributed by atoms with Crippen molar-refractivity contribution in [2.24, 2.45) is 12.0 Å².